The van der Waals surface area contributed by atoms with E-state index in [1.165, 1.54) is 0 Å². The van der Waals surface area contributed by atoms with Gasteiger partial charge in [0.25, 0.3) is 0 Å². The van der Waals surface area contributed by atoms with Crippen LogP contribution in [-0.4, -0.2) is 39.3 Å². The molecule has 0 bridgehead atoms. The summed E-state index contributed by atoms with van der Waals surface area (Å²) in [5, 5.41) is 28.7. The van der Waals surface area contributed by atoms with Gasteiger partial charge in [0.1, 0.15) is 5.78 Å². The number of carboxylic acid groups (broad SMARTS) is 1. The topological polar surface area (TPSA) is 94.8 Å². The van der Waals surface area contributed by atoms with Gasteiger partial charge in [-0.3, -0.25) is 9.59 Å². The molecular formula is C20H32O5. The molecule has 5 nitrogen and oxygen atoms in total. The minimum Gasteiger partial charge on any atom is -0.481 e. The van der Waals surface area contributed by atoms with Crippen LogP contribution in [0.4, 0.5) is 0 Å². The van der Waals surface area contributed by atoms with Crippen molar-refractivity contribution in [3.05, 3.63) is 24.3 Å². The van der Waals surface area contributed by atoms with Gasteiger partial charge in [0.15, 0.2) is 0 Å². The molecular weight excluding hydrogens is 320 g/mol. The van der Waals surface area contributed by atoms with E-state index in [9.17, 15) is 19.8 Å². The molecule has 142 valence electrons. The maximum Gasteiger partial charge on any atom is 0.303 e. The number of carbonyl (C=O) groups excluding carboxylic acids is 1. The largest absolute Gasteiger partial charge is 0.481 e. The molecule has 3 N–H and O–H groups in total. The fraction of sp³-hybridized carbons (Fsp3) is 0.700. The smallest absolute Gasteiger partial charge is 0.303 e. The van der Waals surface area contributed by atoms with Crippen LogP contribution >= 0.6 is 0 Å². The third-order valence-corrected chi connectivity index (χ3v) is 4.71. The van der Waals surface area contributed by atoms with Gasteiger partial charge in [-0.1, -0.05) is 50.5 Å². The first kappa shape index (κ1) is 21.6. The Morgan fingerprint density at radius 1 is 1.28 bits per heavy atom. The number of unbranched alkanes of at least 4 members (excludes halogenated alkanes) is 3. The van der Waals surface area contributed by atoms with E-state index in [1.54, 1.807) is 12.2 Å². The lowest BCUT2D eigenvalue weighted by atomic mass is 9.90. The molecule has 0 amide bonds. The van der Waals surface area contributed by atoms with Crippen molar-refractivity contribution in [1.29, 1.82) is 0 Å². The molecule has 1 saturated carbocycles. The molecule has 25 heavy (non-hydrogen) atoms. The van der Waals surface area contributed by atoms with Crippen LogP contribution in [0, 0.1) is 11.8 Å². The Labute approximate surface area is 150 Å². The highest BCUT2D eigenvalue weighted by Crippen LogP contribution is 2.33. The zero-order chi connectivity index (χ0) is 18.7. The Balaban J connectivity index is 2.48. The Morgan fingerprint density at radius 2 is 2.04 bits per heavy atom. The van der Waals surface area contributed by atoms with E-state index >= 15 is 0 Å². The number of carboxylic acids is 1. The number of aliphatic carboxylic acids is 1. The third kappa shape index (κ3) is 8.45. The van der Waals surface area contributed by atoms with Crippen molar-refractivity contribution >= 4 is 11.8 Å². The maximum absolute atomic E-state index is 12.1. The van der Waals surface area contributed by atoms with Gasteiger partial charge in [0, 0.05) is 24.7 Å². The molecule has 1 aliphatic rings. The van der Waals surface area contributed by atoms with Crippen molar-refractivity contribution in [1.82, 2.24) is 0 Å². The summed E-state index contributed by atoms with van der Waals surface area (Å²) in [6.45, 7) is 2.11. The molecule has 0 radical (unpaired) electrons. The molecule has 0 heterocycles. The number of hydrogen-bond donors (Lipinski definition) is 3. The highest BCUT2D eigenvalue weighted by atomic mass is 16.4. The highest BCUT2D eigenvalue weighted by Gasteiger charge is 2.39. The second-order valence-electron chi connectivity index (χ2n) is 6.86. The number of hydrogen-bond acceptors (Lipinski definition) is 4. The van der Waals surface area contributed by atoms with Crippen molar-refractivity contribution in [2.45, 2.75) is 76.9 Å². The van der Waals surface area contributed by atoms with E-state index in [1.807, 2.05) is 12.2 Å². The minimum atomic E-state index is -0.801. The molecule has 0 aromatic carbocycles. The Bertz CT molecular complexity index is 469. The normalized spacial score (nSPS) is 25.2. The van der Waals surface area contributed by atoms with Crippen LogP contribution < -0.4 is 0 Å². The van der Waals surface area contributed by atoms with Crippen LogP contribution in [0.5, 0.6) is 0 Å². The summed E-state index contributed by atoms with van der Waals surface area (Å²) < 4.78 is 0. The number of Topliss-reactive ketones (excluding diaryl/α,β-unsaturated/α-hetero) is 1. The van der Waals surface area contributed by atoms with Crippen molar-refractivity contribution < 1.29 is 24.9 Å². The second kappa shape index (κ2) is 12.0. The SMILES string of the molecule is CCCCC[C@@H](O)/C=C/[C@H]1C(O)CC(=O)[C@@H]1C/C=C\CCCC(=O)O. The fourth-order valence-electron chi connectivity index (χ4n) is 3.22. The van der Waals surface area contributed by atoms with Crippen LogP contribution in [-0.2, 0) is 9.59 Å². The van der Waals surface area contributed by atoms with Gasteiger partial charge >= 0.3 is 5.97 Å². The van der Waals surface area contributed by atoms with Gasteiger partial charge in [-0.25, -0.2) is 0 Å². The molecule has 1 fully saturated rings. The minimum absolute atomic E-state index is 0.0535. The van der Waals surface area contributed by atoms with Crippen LogP contribution in [0.1, 0.15) is 64.7 Å². The summed E-state index contributed by atoms with van der Waals surface area (Å²) in [4.78, 5) is 22.5. The molecule has 0 aromatic heterocycles. The van der Waals surface area contributed by atoms with Crippen LogP contribution in [0.25, 0.3) is 0 Å². The van der Waals surface area contributed by atoms with E-state index in [-0.39, 0.29) is 30.5 Å². The van der Waals surface area contributed by atoms with Crippen LogP contribution in [0.3, 0.4) is 0 Å². The van der Waals surface area contributed by atoms with Crippen LogP contribution in [0.2, 0.25) is 0 Å². The number of carbonyl (C=O) groups is 2. The summed E-state index contributed by atoms with van der Waals surface area (Å²) in [7, 11) is 0. The molecule has 0 aliphatic heterocycles. The highest BCUT2D eigenvalue weighted by molar-refractivity contribution is 5.84. The lowest BCUT2D eigenvalue weighted by Crippen LogP contribution is -2.18. The lowest BCUT2D eigenvalue weighted by molar-refractivity contribution is -0.137. The van der Waals surface area contributed by atoms with Gasteiger partial charge in [-0.05, 0) is 25.7 Å². The summed E-state index contributed by atoms with van der Waals surface area (Å²) >= 11 is 0. The summed E-state index contributed by atoms with van der Waals surface area (Å²) in [5.74, 6) is -1.26. The van der Waals surface area contributed by atoms with Crippen molar-refractivity contribution in [3.8, 4) is 0 Å². The Kier molecular flexibility index (Phi) is 10.3. The van der Waals surface area contributed by atoms with E-state index < -0.39 is 18.2 Å². The Hall–Kier alpha value is -1.46. The lowest BCUT2D eigenvalue weighted by Gasteiger charge is -2.16. The van der Waals surface area contributed by atoms with E-state index in [2.05, 4.69) is 6.92 Å². The summed E-state index contributed by atoms with van der Waals surface area (Å²) in [6.07, 6.45) is 12.1. The van der Waals surface area contributed by atoms with Gasteiger partial charge < -0.3 is 15.3 Å². The first-order chi connectivity index (χ1) is 12.0. The van der Waals surface area contributed by atoms with Gasteiger partial charge in [0.05, 0.1) is 12.2 Å². The molecule has 0 saturated heterocycles. The number of aliphatic hydroxyl groups excluding tert-OH is 2. The second-order valence-corrected chi connectivity index (χ2v) is 6.86. The van der Waals surface area contributed by atoms with Crippen molar-refractivity contribution in [3.63, 3.8) is 0 Å². The number of rotatable bonds is 12. The number of allylic oxidation sites excluding steroid dienone is 2. The van der Waals surface area contributed by atoms with Gasteiger partial charge in [-0.2, -0.15) is 0 Å². The number of ketones is 1. The van der Waals surface area contributed by atoms with E-state index in [0.717, 1.165) is 19.3 Å². The first-order valence-corrected chi connectivity index (χ1v) is 9.39. The standard InChI is InChI=1S/C20H32O5/c1-2-3-6-9-15(21)12-13-17-16(18(22)14-19(17)23)10-7-4-5-8-11-20(24)25/h4,7,12-13,15-17,19,21,23H,2-3,5-6,8-11,14H2,1H3,(H,24,25)/b7-4-,13-12+/t15-,16-,17-,19?/m1/s1. The van der Waals surface area contributed by atoms with Crippen LogP contribution in [0.15, 0.2) is 24.3 Å². The quantitative estimate of drug-likeness (QED) is 0.370. The molecule has 0 spiro atoms. The fourth-order valence-corrected chi connectivity index (χ4v) is 3.22. The summed E-state index contributed by atoms with van der Waals surface area (Å²) in [5.41, 5.74) is 0. The first-order valence-electron chi connectivity index (χ1n) is 9.39. The number of aliphatic hydroxyl groups is 2. The average molecular weight is 352 g/mol. The predicted molar refractivity (Wildman–Crippen MR) is 97.1 cm³/mol. The average Bonchev–Trinajstić information content (AvgIpc) is 2.82. The monoisotopic (exact) mass is 352 g/mol. The predicted octanol–water partition coefficient (Wildman–Crippen LogP) is 3.25. The molecule has 5 heteroatoms. The van der Waals surface area contributed by atoms with Gasteiger partial charge in [0.2, 0.25) is 0 Å². The van der Waals surface area contributed by atoms with E-state index in [0.29, 0.717) is 25.7 Å². The van der Waals surface area contributed by atoms with Crippen molar-refractivity contribution in [2.75, 3.05) is 0 Å². The molecule has 1 unspecified atom stereocenters. The van der Waals surface area contributed by atoms with Crippen molar-refractivity contribution in [2.24, 2.45) is 11.8 Å². The summed E-state index contributed by atoms with van der Waals surface area (Å²) in [6, 6.07) is 0. The van der Waals surface area contributed by atoms with Gasteiger partial charge in [-0.15, -0.1) is 0 Å². The molecule has 1 rings (SSSR count). The Morgan fingerprint density at radius 3 is 2.72 bits per heavy atom. The molecule has 0 aromatic rings. The zero-order valence-corrected chi connectivity index (χ0v) is 15.1. The third-order valence-electron chi connectivity index (χ3n) is 4.71. The molecule has 1 aliphatic carbocycles. The molecule has 4 atom stereocenters. The van der Waals surface area contributed by atoms with E-state index in [4.69, 9.17) is 5.11 Å². The maximum atomic E-state index is 12.1. The zero-order valence-electron chi connectivity index (χ0n) is 15.1.